The number of aromatic nitrogens is 1. The molecule has 0 aliphatic heterocycles. The molecule has 2 amide bonds. The van der Waals surface area contributed by atoms with Gasteiger partial charge in [-0.1, -0.05) is 0 Å². The Morgan fingerprint density at radius 1 is 1.10 bits per heavy atom. The number of halogens is 2. The van der Waals surface area contributed by atoms with Crippen molar-refractivity contribution in [3.63, 3.8) is 0 Å². The lowest BCUT2D eigenvalue weighted by molar-refractivity contribution is -0.116. The summed E-state index contributed by atoms with van der Waals surface area (Å²) < 4.78 is 37.1. The van der Waals surface area contributed by atoms with Gasteiger partial charge in [-0.3, -0.25) is 9.59 Å². The molecule has 10 heteroatoms. The molecule has 0 aliphatic rings. The number of thiazole rings is 1. The van der Waals surface area contributed by atoms with E-state index in [9.17, 15) is 18.4 Å². The van der Waals surface area contributed by atoms with Gasteiger partial charge in [0.1, 0.15) is 23.1 Å². The van der Waals surface area contributed by atoms with Crippen LogP contribution in [0.2, 0.25) is 0 Å². The molecule has 0 aliphatic carbocycles. The quantitative estimate of drug-likeness (QED) is 0.547. The topological polar surface area (TPSA) is 89.6 Å². The van der Waals surface area contributed by atoms with E-state index in [0.717, 1.165) is 17.7 Å². The van der Waals surface area contributed by atoms with Crippen molar-refractivity contribution in [1.29, 1.82) is 0 Å². The second-order valence-electron chi connectivity index (χ2n) is 6.28. The number of carbonyl (C=O) groups is 2. The highest BCUT2D eigenvalue weighted by Gasteiger charge is 2.14. The normalized spacial score (nSPS) is 10.5. The maximum atomic E-state index is 13.6. The molecule has 3 aromatic rings. The predicted molar refractivity (Wildman–Crippen MR) is 113 cm³/mol. The van der Waals surface area contributed by atoms with Gasteiger partial charge in [-0.05, 0) is 24.3 Å². The molecule has 2 N–H and O–H groups in total. The fourth-order valence-electron chi connectivity index (χ4n) is 2.71. The Morgan fingerprint density at radius 3 is 2.61 bits per heavy atom. The second kappa shape index (κ2) is 9.98. The van der Waals surface area contributed by atoms with Crippen molar-refractivity contribution in [3.8, 4) is 22.8 Å². The smallest absolute Gasteiger partial charge is 0.254 e. The molecular weight excluding hydrogens is 428 g/mol. The number of rotatable bonds is 8. The first-order chi connectivity index (χ1) is 14.9. The van der Waals surface area contributed by atoms with E-state index in [-0.39, 0.29) is 24.4 Å². The molecule has 162 valence electrons. The second-order valence-corrected chi connectivity index (χ2v) is 7.14. The van der Waals surface area contributed by atoms with E-state index in [2.05, 4.69) is 15.6 Å². The number of nitrogens with one attached hydrogen (secondary N) is 2. The fourth-order valence-corrected chi connectivity index (χ4v) is 3.43. The molecule has 0 atom stereocenters. The summed E-state index contributed by atoms with van der Waals surface area (Å²) in [6, 6.07) is 7.98. The van der Waals surface area contributed by atoms with Gasteiger partial charge in [0, 0.05) is 36.0 Å². The number of benzene rings is 2. The summed E-state index contributed by atoms with van der Waals surface area (Å²) >= 11 is 1.24. The Morgan fingerprint density at radius 2 is 1.90 bits per heavy atom. The van der Waals surface area contributed by atoms with Crippen LogP contribution in [0.5, 0.6) is 11.5 Å². The molecule has 0 bridgehead atoms. The highest BCUT2D eigenvalue weighted by molar-refractivity contribution is 7.14. The Balaban J connectivity index is 1.55. The number of methoxy groups -OCH3 is 2. The van der Waals surface area contributed by atoms with Crippen LogP contribution < -0.4 is 20.1 Å². The highest BCUT2D eigenvalue weighted by Crippen LogP contribution is 2.34. The standard InChI is InChI=1S/C21H19F2N3O4S/c1-29-13-4-6-15(18(10-13)30-2)17-11-31-21(25-17)26-19(27)7-8-24-20(28)14-5-3-12(22)9-16(14)23/h3-6,9-11H,7-8H2,1-2H3,(H,24,28)(H,25,26,27). The first-order valence-electron chi connectivity index (χ1n) is 9.12. The van der Waals surface area contributed by atoms with E-state index >= 15 is 0 Å². The summed E-state index contributed by atoms with van der Waals surface area (Å²) in [4.78, 5) is 28.5. The Kier molecular flexibility index (Phi) is 7.14. The maximum Gasteiger partial charge on any atom is 0.254 e. The number of carbonyl (C=O) groups excluding carboxylic acids is 2. The van der Waals surface area contributed by atoms with Crippen molar-refractivity contribution in [2.45, 2.75) is 6.42 Å². The molecule has 1 heterocycles. The minimum absolute atomic E-state index is 0.0218. The van der Waals surface area contributed by atoms with Gasteiger partial charge in [0.15, 0.2) is 5.13 Å². The summed E-state index contributed by atoms with van der Waals surface area (Å²) in [5.41, 5.74) is 1.08. The van der Waals surface area contributed by atoms with Crippen molar-refractivity contribution < 1.29 is 27.8 Å². The van der Waals surface area contributed by atoms with Crippen LogP contribution in [0.15, 0.2) is 41.8 Å². The average molecular weight is 447 g/mol. The van der Waals surface area contributed by atoms with Crippen LogP contribution in [0.25, 0.3) is 11.3 Å². The van der Waals surface area contributed by atoms with Crippen LogP contribution in [0.1, 0.15) is 16.8 Å². The lowest BCUT2D eigenvalue weighted by atomic mass is 10.1. The summed E-state index contributed by atoms with van der Waals surface area (Å²) in [5, 5.41) is 7.24. The summed E-state index contributed by atoms with van der Waals surface area (Å²) in [7, 11) is 3.10. The molecule has 0 spiro atoms. The fraction of sp³-hybridized carbons (Fsp3) is 0.190. The van der Waals surface area contributed by atoms with Crippen molar-refractivity contribution in [2.24, 2.45) is 0 Å². The van der Waals surface area contributed by atoms with Crippen LogP contribution in [0.4, 0.5) is 13.9 Å². The molecule has 0 unspecified atom stereocenters. The molecular formula is C21H19F2N3O4S. The molecule has 31 heavy (non-hydrogen) atoms. The monoisotopic (exact) mass is 447 g/mol. The molecule has 0 fully saturated rings. The van der Waals surface area contributed by atoms with Gasteiger partial charge in [0.2, 0.25) is 5.91 Å². The van der Waals surface area contributed by atoms with Crippen molar-refractivity contribution >= 4 is 28.3 Å². The zero-order valence-electron chi connectivity index (χ0n) is 16.7. The van der Waals surface area contributed by atoms with Gasteiger partial charge in [0.25, 0.3) is 5.91 Å². The third kappa shape index (κ3) is 5.54. The molecule has 0 radical (unpaired) electrons. The van der Waals surface area contributed by atoms with Crippen LogP contribution in [-0.4, -0.2) is 37.6 Å². The molecule has 7 nitrogen and oxygen atoms in total. The number of anilines is 1. The largest absolute Gasteiger partial charge is 0.497 e. The van der Waals surface area contributed by atoms with Crippen LogP contribution in [0, 0.1) is 11.6 Å². The first kappa shape index (κ1) is 22.2. The zero-order chi connectivity index (χ0) is 22.4. The molecule has 0 saturated heterocycles. The first-order valence-corrected chi connectivity index (χ1v) is 10.00. The van der Waals surface area contributed by atoms with Crippen molar-refractivity contribution in [1.82, 2.24) is 10.3 Å². The van der Waals surface area contributed by atoms with Gasteiger partial charge in [0.05, 0.1) is 25.5 Å². The van der Waals surface area contributed by atoms with Gasteiger partial charge < -0.3 is 20.1 Å². The number of hydrogen-bond donors (Lipinski definition) is 2. The lowest BCUT2D eigenvalue weighted by Crippen LogP contribution is -2.28. The third-order valence-corrected chi connectivity index (χ3v) is 5.01. The number of nitrogens with zero attached hydrogens (tertiary/aromatic N) is 1. The maximum absolute atomic E-state index is 13.6. The highest BCUT2D eigenvalue weighted by atomic mass is 32.1. The van der Waals surface area contributed by atoms with E-state index in [1.165, 1.54) is 11.3 Å². The molecule has 0 saturated carbocycles. The Hall–Kier alpha value is -3.53. The van der Waals surface area contributed by atoms with E-state index in [4.69, 9.17) is 9.47 Å². The summed E-state index contributed by atoms with van der Waals surface area (Å²) in [6.45, 7) is -0.0218. The lowest BCUT2D eigenvalue weighted by Gasteiger charge is -2.08. The number of hydrogen-bond acceptors (Lipinski definition) is 6. The van der Waals surface area contributed by atoms with Gasteiger partial charge >= 0.3 is 0 Å². The van der Waals surface area contributed by atoms with Gasteiger partial charge in [-0.25, -0.2) is 13.8 Å². The van der Waals surface area contributed by atoms with Crippen LogP contribution in [0.3, 0.4) is 0 Å². The van der Waals surface area contributed by atoms with Crippen molar-refractivity contribution in [3.05, 3.63) is 59.0 Å². The van der Waals surface area contributed by atoms with Gasteiger partial charge in [-0.15, -0.1) is 11.3 Å². The predicted octanol–water partition coefficient (Wildman–Crippen LogP) is 3.86. The van der Waals surface area contributed by atoms with Crippen LogP contribution >= 0.6 is 11.3 Å². The minimum atomic E-state index is -0.966. The number of amides is 2. The number of ether oxygens (including phenoxy) is 2. The van der Waals surface area contributed by atoms with E-state index in [1.807, 2.05) is 6.07 Å². The van der Waals surface area contributed by atoms with Crippen molar-refractivity contribution in [2.75, 3.05) is 26.1 Å². The molecule has 3 rings (SSSR count). The minimum Gasteiger partial charge on any atom is -0.497 e. The zero-order valence-corrected chi connectivity index (χ0v) is 17.5. The third-order valence-electron chi connectivity index (χ3n) is 4.25. The Labute approximate surface area is 181 Å². The Bertz CT molecular complexity index is 1100. The van der Waals surface area contributed by atoms with E-state index in [0.29, 0.717) is 28.4 Å². The molecule has 2 aromatic carbocycles. The van der Waals surface area contributed by atoms with E-state index in [1.54, 1.807) is 31.7 Å². The SMILES string of the molecule is COc1ccc(-c2csc(NC(=O)CCNC(=O)c3ccc(F)cc3F)n2)c(OC)c1. The average Bonchev–Trinajstić information content (AvgIpc) is 3.21. The summed E-state index contributed by atoms with van der Waals surface area (Å²) in [5.74, 6) is -1.61. The van der Waals surface area contributed by atoms with Gasteiger partial charge in [-0.2, -0.15) is 0 Å². The van der Waals surface area contributed by atoms with E-state index < -0.39 is 17.5 Å². The van der Waals surface area contributed by atoms with Crippen LogP contribution in [-0.2, 0) is 4.79 Å². The molecule has 1 aromatic heterocycles. The summed E-state index contributed by atoms with van der Waals surface area (Å²) in [6.07, 6.45) is -0.0463.